The van der Waals surface area contributed by atoms with E-state index in [0.29, 0.717) is 24.2 Å². The van der Waals surface area contributed by atoms with Gasteiger partial charge in [-0.1, -0.05) is 0 Å². The van der Waals surface area contributed by atoms with Crippen LogP contribution in [0, 0.1) is 6.92 Å². The molecule has 0 bridgehead atoms. The van der Waals surface area contributed by atoms with Crippen molar-refractivity contribution in [3.05, 3.63) is 29.1 Å². The average molecular weight is 260 g/mol. The van der Waals surface area contributed by atoms with E-state index in [0.717, 1.165) is 6.07 Å². The summed E-state index contributed by atoms with van der Waals surface area (Å²) in [4.78, 5) is 3.66. The first-order chi connectivity index (χ1) is 8.08. The van der Waals surface area contributed by atoms with Crippen LogP contribution in [0.3, 0.4) is 0 Å². The Hall–Kier alpha value is -1.10. The molecule has 18 heavy (non-hydrogen) atoms. The van der Waals surface area contributed by atoms with Crippen LogP contribution in [0.15, 0.2) is 12.1 Å². The maximum atomic E-state index is 12.6. The van der Waals surface area contributed by atoms with Crippen LogP contribution in [-0.4, -0.2) is 17.1 Å². The lowest BCUT2D eigenvalue weighted by atomic mass is 10.1. The fourth-order valence-corrected chi connectivity index (χ4v) is 1.58. The van der Waals surface area contributed by atoms with Gasteiger partial charge in [-0.15, -0.1) is 0 Å². The summed E-state index contributed by atoms with van der Waals surface area (Å²) in [6, 6.07) is 2.76. The number of nitrogens with one attached hydrogen (secondary N) is 1. The summed E-state index contributed by atoms with van der Waals surface area (Å²) in [6.07, 6.45) is -3.89. The molecule has 0 aromatic carbocycles. The van der Waals surface area contributed by atoms with E-state index >= 15 is 0 Å². The van der Waals surface area contributed by atoms with Crippen molar-refractivity contribution in [1.82, 2.24) is 10.3 Å². The second-order valence-corrected chi connectivity index (χ2v) is 5.45. The van der Waals surface area contributed by atoms with E-state index in [2.05, 4.69) is 10.3 Å². The van der Waals surface area contributed by atoms with Gasteiger partial charge in [-0.2, -0.15) is 13.2 Å². The fourth-order valence-electron chi connectivity index (χ4n) is 1.58. The standard InChI is InChI=1S/C13H19F3N2/c1-9-7-10(5-6-17-12(2,3)4)18-11(8-9)13(14,15)16/h7-8,17H,5-6H2,1-4H3. The molecule has 1 heterocycles. The molecule has 0 aliphatic carbocycles. The van der Waals surface area contributed by atoms with Crippen LogP contribution >= 0.6 is 0 Å². The van der Waals surface area contributed by atoms with Gasteiger partial charge in [0.15, 0.2) is 0 Å². The minimum absolute atomic E-state index is 0.0450. The highest BCUT2D eigenvalue weighted by molar-refractivity contribution is 5.22. The molecule has 5 heteroatoms. The number of pyridine rings is 1. The van der Waals surface area contributed by atoms with Crippen LogP contribution in [0.2, 0.25) is 0 Å². The zero-order chi connectivity index (χ0) is 14.0. The van der Waals surface area contributed by atoms with Gasteiger partial charge in [0.1, 0.15) is 5.69 Å². The van der Waals surface area contributed by atoms with Crippen LogP contribution in [-0.2, 0) is 12.6 Å². The van der Waals surface area contributed by atoms with Crippen molar-refractivity contribution in [1.29, 1.82) is 0 Å². The Morgan fingerprint density at radius 1 is 1.17 bits per heavy atom. The summed E-state index contributed by atoms with van der Waals surface area (Å²) < 4.78 is 37.7. The van der Waals surface area contributed by atoms with Crippen molar-refractivity contribution < 1.29 is 13.2 Å². The molecule has 0 aliphatic heterocycles. The minimum atomic E-state index is -4.38. The summed E-state index contributed by atoms with van der Waals surface area (Å²) >= 11 is 0. The molecule has 0 spiro atoms. The van der Waals surface area contributed by atoms with Crippen LogP contribution in [0.5, 0.6) is 0 Å². The molecule has 1 rings (SSSR count). The molecule has 0 saturated carbocycles. The summed E-state index contributed by atoms with van der Waals surface area (Å²) in [5, 5.41) is 3.23. The van der Waals surface area contributed by atoms with E-state index in [1.165, 1.54) is 0 Å². The zero-order valence-electron chi connectivity index (χ0n) is 11.2. The van der Waals surface area contributed by atoms with Gasteiger partial charge in [0.05, 0.1) is 0 Å². The molecule has 0 saturated heterocycles. The fraction of sp³-hybridized carbons (Fsp3) is 0.615. The maximum Gasteiger partial charge on any atom is 0.433 e. The Bertz CT molecular complexity index is 406. The number of rotatable bonds is 3. The zero-order valence-corrected chi connectivity index (χ0v) is 11.2. The first-order valence-corrected chi connectivity index (χ1v) is 5.88. The van der Waals surface area contributed by atoms with E-state index in [-0.39, 0.29) is 5.54 Å². The second-order valence-electron chi connectivity index (χ2n) is 5.45. The minimum Gasteiger partial charge on any atom is -0.312 e. The predicted octanol–water partition coefficient (Wildman–Crippen LogP) is 3.34. The van der Waals surface area contributed by atoms with E-state index in [9.17, 15) is 13.2 Å². The lowest BCUT2D eigenvalue weighted by Crippen LogP contribution is -2.37. The van der Waals surface area contributed by atoms with Crippen LogP contribution < -0.4 is 5.32 Å². The van der Waals surface area contributed by atoms with Crippen molar-refractivity contribution in [2.24, 2.45) is 0 Å². The Labute approximate surface area is 106 Å². The van der Waals surface area contributed by atoms with Gasteiger partial charge in [-0.25, -0.2) is 4.98 Å². The van der Waals surface area contributed by atoms with Crippen molar-refractivity contribution in [3.8, 4) is 0 Å². The SMILES string of the molecule is Cc1cc(CCNC(C)(C)C)nc(C(F)(F)F)c1. The third-order valence-corrected chi connectivity index (χ3v) is 2.35. The molecule has 0 aliphatic rings. The highest BCUT2D eigenvalue weighted by Crippen LogP contribution is 2.28. The number of alkyl halides is 3. The molecule has 1 N–H and O–H groups in total. The van der Waals surface area contributed by atoms with E-state index < -0.39 is 11.9 Å². The Balaban J connectivity index is 2.75. The third kappa shape index (κ3) is 5.04. The van der Waals surface area contributed by atoms with Crippen molar-refractivity contribution in [3.63, 3.8) is 0 Å². The first kappa shape index (κ1) is 15.0. The Morgan fingerprint density at radius 3 is 2.28 bits per heavy atom. The molecule has 1 aromatic heterocycles. The van der Waals surface area contributed by atoms with E-state index in [4.69, 9.17) is 0 Å². The molecule has 1 aromatic rings. The topological polar surface area (TPSA) is 24.9 Å². The van der Waals surface area contributed by atoms with Gasteiger partial charge >= 0.3 is 6.18 Å². The lowest BCUT2D eigenvalue weighted by Gasteiger charge is -2.20. The van der Waals surface area contributed by atoms with Crippen LogP contribution in [0.25, 0.3) is 0 Å². The van der Waals surface area contributed by atoms with Crippen LogP contribution in [0.4, 0.5) is 13.2 Å². The molecule has 2 nitrogen and oxygen atoms in total. The molecular formula is C13H19F3N2. The number of hydrogen-bond acceptors (Lipinski definition) is 2. The summed E-state index contributed by atoms with van der Waals surface area (Å²) in [5.74, 6) is 0. The number of aromatic nitrogens is 1. The summed E-state index contributed by atoms with van der Waals surface area (Å²) in [5.41, 5.74) is 0.201. The predicted molar refractivity (Wildman–Crippen MR) is 65.4 cm³/mol. The van der Waals surface area contributed by atoms with Crippen LogP contribution in [0.1, 0.15) is 37.7 Å². The van der Waals surface area contributed by atoms with Gasteiger partial charge in [-0.05, 0) is 45.4 Å². The van der Waals surface area contributed by atoms with E-state index in [1.807, 2.05) is 20.8 Å². The largest absolute Gasteiger partial charge is 0.433 e. The monoisotopic (exact) mass is 260 g/mol. The molecule has 0 amide bonds. The van der Waals surface area contributed by atoms with Gasteiger partial charge in [0.25, 0.3) is 0 Å². The number of aryl methyl sites for hydroxylation is 1. The number of hydrogen-bond donors (Lipinski definition) is 1. The first-order valence-electron chi connectivity index (χ1n) is 5.88. The molecule has 0 fully saturated rings. The highest BCUT2D eigenvalue weighted by atomic mass is 19.4. The summed E-state index contributed by atoms with van der Waals surface area (Å²) in [7, 11) is 0. The maximum absolute atomic E-state index is 12.6. The molecular weight excluding hydrogens is 241 g/mol. The number of halogens is 3. The van der Waals surface area contributed by atoms with Gasteiger partial charge < -0.3 is 5.32 Å². The number of nitrogens with zero attached hydrogens (tertiary/aromatic N) is 1. The third-order valence-electron chi connectivity index (χ3n) is 2.35. The molecule has 0 radical (unpaired) electrons. The highest BCUT2D eigenvalue weighted by Gasteiger charge is 2.32. The smallest absolute Gasteiger partial charge is 0.312 e. The van der Waals surface area contributed by atoms with Crippen molar-refractivity contribution in [2.45, 2.75) is 45.8 Å². The molecule has 102 valence electrons. The van der Waals surface area contributed by atoms with Gasteiger partial charge in [-0.3, -0.25) is 0 Å². The van der Waals surface area contributed by atoms with Crippen molar-refractivity contribution in [2.75, 3.05) is 6.54 Å². The quantitative estimate of drug-likeness (QED) is 0.901. The normalized spacial score (nSPS) is 12.8. The second kappa shape index (κ2) is 5.26. The average Bonchev–Trinajstić information content (AvgIpc) is 2.13. The van der Waals surface area contributed by atoms with Gasteiger partial charge in [0.2, 0.25) is 0 Å². The molecule has 0 unspecified atom stereocenters. The Kier molecular flexibility index (Phi) is 4.37. The van der Waals surface area contributed by atoms with Crippen molar-refractivity contribution >= 4 is 0 Å². The molecule has 0 atom stereocenters. The summed E-state index contributed by atoms with van der Waals surface area (Å²) in [6.45, 7) is 8.29. The van der Waals surface area contributed by atoms with E-state index in [1.54, 1.807) is 13.0 Å². The Morgan fingerprint density at radius 2 is 1.78 bits per heavy atom. The lowest BCUT2D eigenvalue weighted by molar-refractivity contribution is -0.141. The van der Waals surface area contributed by atoms with Gasteiger partial charge in [0, 0.05) is 24.2 Å².